The molecule has 12 heteroatoms. The number of hydrogen-bond donors (Lipinski definition) is 0. The van der Waals surface area contributed by atoms with Crippen LogP contribution in [0.2, 0.25) is 0 Å². The maximum Gasteiger partial charge on any atom is 0.196 e. The van der Waals surface area contributed by atoms with Gasteiger partial charge >= 0.3 is 0 Å². The standard InChI is InChI=1S/C68H30N12/c1-74-49-12-17-52(48(28-49)38-73)44-8-19-63-57(30-44)59-32-46(54-18-13-50(75-2)33-62(54)77-4)10-21-64(59)79(63)67-27-42(36-71)7-16-55(67)56-23-24-78-39-68(56)80-65-20-9-43(51-14-5-40(34-69)25-47(51)37-72)29-58(65)60-31-45(11-22-66(60)80)53-15-6-41(35-70)26-61(53)76-3/h5-33,39H. The molecule has 0 spiro atoms. The molecule has 0 saturated carbocycles. The molecule has 0 aliphatic carbocycles. The molecule has 0 bridgehead atoms. The lowest BCUT2D eigenvalue weighted by Crippen LogP contribution is -2.02. The fourth-order valence-electron chi connectivity index (χ4n) is 10.8. The normalized spacial score (nSPS) is 10.6. The Hall–Kier alpha value is -12.9. The summed E-state index contributed by atoms with van der Waals surface area (Å²) < 4.78 is 4.25. The van der Waals surface area contributed by atoms with Gasteiger partial charge in [-0.15, -0.1) is 0 Å². The summed E-state index contributed by atoms with van der Waals surface area (Å²) in [5.74, 6) is 0. The number of aromatic nitrogens is 3. The Balaban J connectivity index is 1.12. The van der Waals surface area contributed by atoms with Gasteiger partial charge in [0.05, 0.1) is 113 Å². The molecule has 80 heavy (non-hydrogen) atoms. The van der Waals surface area contributed by atoms with Gasteiger partial charge in [-0.1, -0.05) is 72.8 Å². The fourth-order valence-corrected chi connectivity index (χ4v) is 10.8. The molecule has 0 radical (unpaired) electrons. The van der Waals surface area contributed by atoms with Gasteiger partial charge in [0.1, 0.15) is 0 Å². The van der Waals surface area contributed by atoms with E-state index in [0.717, 1.165) is 77.0 Å². The van der Waals surface area contributed by atoms with E-state index in [0.29, 0.717) is 84.2 Å². The second-order valence-electron chi connectivity index (χ2n) is 18.7. The summed E-state index contributed by atoms with van der Waals surface area (Å²) in [4.78, 5) is 19.4. The van der Waals surface area contributed by atoms with Gasteiger partial charge in [0, 0.05) is 50.0 Å². The SMILES string of the molecule is [C-]#[N+]c1ccc(-c2ccc3c(c2)c2cc(-c4ccc([N+]#[C-])cc4[N+]#[C-])ccc2n3-c2cc(C#N)ccc2-c2ccncc2-n2c3ccc(-c4ccc(C#N)cc4C#N)cc3c3cc(-c4ccc(C#N)cc4[N+]#[C-])ccc32)c(C#N)c1. The minimum atomic E-state index is 0.329. The van der Waals surface area contributed by atoms with E-state index in [9.17, 15) is 26.3 Å². The van der Waals surface area contributed by atoms with Crippen LogP contribution in [0.3, 0.4) is 0 Å². The Morgan fingerprint density at radius 1 is 0.338 bits per heavy atom. The van der Waals surface area contributed by atoms with Crippen molar-refractivity contribution in [3.8, 4) is 97.4 Å². The molecule has 0 unspecified atom stereocenters. The minimum absolute atomic E-state index is 0.329. The first-order valence-corrected chi connectivity index (χ1v) is 24.6. The van der Waals surface area contributed by atoms with Crippen molar-refractivity contribution in [3.63, 3.8) is 0 Å². The largest absolute Gasteiger partial charge is 0.309 e. The molecule has 12 rings (SSSR count). The number of rotatable bonds is 7. The predicted molar refractivity (Wildman–Crippen MR) is 309 cm³/mol. The molecular weight excluding hydrogens is 985 g/mol. The van der Waals surface area contributed by atoms with Crippen LogP contribution in [0.1, 0.15) is 27.8 Å². The lowest BCUT2D eigenvalue weighted by Gasteiger charge is -2.19. The summed E-state index contributed by atoms with van der Waals surface area (Å²) in [6.45, 7) is 31.3. The molecule has 3 heterocycles. The highest BCUT2D eigenvalue weighted by molar-refractivity contribution is 6.14. The first-order chi connectivity index (χ1) is 39.2. The van der Waals surface area contributed by atoms with Crippen molar-refractivity contribution in [2.45, 2.75) is 0 Å². The van der Waals surface area contributed by atoms with Crippen LogP contribution in [0.5, 0.6) is 0 Å². The smallest absolute Gasteiger partial charge is 0.196 e. The van der Waals surface area contributed by atoms with Crippen LogP contribution < -0.4 is 0 Å². The highest BCUT2D eigenvalue weighted by atomic mass is 15.0. The van der Waals surface area contributed by atoms with Crippen molar-refractivity contribution in [2.75, 3.05) is 0 Å². The van der Waals surface area contributed by atoms with Gasteiger partial charge in [-0.05, 0) is 142 Å². The van der Waals surface area contributed by atoms with Crippen LogP contribution >= 0.6 is 0 Å². The molecular formula is C68H30N12. The van der Waals surface area contributed by atoms with Crippen molar-refractivity contribution in [3.05, 3.63) is 256 Å². The molecule has 0 atom stereocenters. The first kappa shape index (κ1) is 48.1. The third-order valence-electron chi connectivity index (χ3n) is 14.5. The predicted octanol–water partition coefficient (Wildman–Crippen LogP) is 17.2. The highest BCUT2D eigenvalue weighted by Gasteiger charge is 2.24. The molecule has 0 amide bonds. The van der Waals surface area contributed by atoms with E-state index >= 15 is 0 Å². The van der Waals surface area contributed by atoms with E-state index in [-0.39, 0.29) is 0 Å². The molecule has 362 valence electrons. The van der Waals surface area contributed by atoms with E-state index in [4.69, 9.17) is 31.3 Å². The Kier molecular flexibility index (Phi) is 11.7. The van der Waals surface area contributed by atoms with E-state index in [2.05, 4.69) is 58.9 Å². The van der Waals surface area contributed by atoms with E-state index < -0.39 is 0 Å². The van der Waals surface area contributed by atoms with Crippen LogP contribution in [-0.4, -0.2) is 14.1 Å². The lowest BCUT2D eigenvalue weighted by atomic mass is 9.96. The van der Waals surface area contributed by atoms with Gasteiger partial charge in [-0.2, -0.15) is 26.3 Å². The second kappa shape index (κ2) is 19.4. The minimum Gasteiger partial charge on any atom is -0.309 e. The van der Waals surface area contributed by atoms with Crippen LogP contribution in [0, 0.1) is 82.9 Å². The lowest BCUT2D eigenvalue weighted by molar-refractivity contribution is 1.13. The molecule has 12 nitrogen and oxygen atoms in total. The number of pyridine rings is 1. The second-order valence-corrected chi connectivity index (χ2v) is 18.7. The number of nitriles is 5. The summed E-state index contributed by atoms with van der Waals surface area (Å²) in [5.41, 5.74) is 14.8. The van der Waals surface area contributed by atoms with Gasteiger partial charge in [-0.25, -0.2) is 19.4 Å². The molecule has 0 aliphatic rings. The first-order valence-electron chi connectivity index (χ1n) is 24.6. The van der Waals surface area contributed by atoms with Crippen LogP contribution in [0.25, 0.3) is 130 Å². The maximum atomic E-state index is 10.6. The fraction of sp³-hybridized carbons (Fsp3) is 0. The topological polar surface area (TPSA) is 159 Å². The molecule has 3 aromatic heterocycles. The maximum absolute atomic E-state index is 10.6. The summed E-state index contributed by atoms with van der Waals surface area (Å²) >= 11 is 0. The van der Waals surface area contributed by atoms with Crippen LogP contribution in [-0.2, 0) is 0 Å². The summed E-state index contributed by atoms with van der Waals surface area (Å²) in [7, 11) is 0. The molecule has 0 N–H and O–H groups in total. The van der Waals surface area contributed by atoms with Gasteiger partial charge in [0.2, 0.25) is 0 Å². The van der Waals surface area contributed by atoms with Crippen molar-refractivity contribution in [1.29, 1.82) is 26.3 Å². The van der Waals surface area contributed by atoms with Gasteiger partial charge < -0.3 is 9.13 Å². The van der Waals surface area contributed by atoms with Gasteiger partial charge in [0.25, 0.3) is 0 Å². The van der Waals surface area contributed by atoms with Crippen LogP contribution in [0.4, 0.5) is 22.7 Å². The molecule has 0 saturated heterocycles. The summed E-state index contributed by atoms with van der Waals surface area (Å²) in [5, 5.41) is 53.8. The number of hydrogen-bond acceptors (Lipinski definition) is 6. The Labute approximate surface area is 457 Å². The zero-order valence-electron chi connectivity index (χ0n) is 41.7. The zero-order chi connectivity index (χ0) is 55.2. The van der Waals surface area contributed by atoms with Crippen LogP contribution in [0.15, 0.2) is 182 Å². The molecule has 9 aromatic carbocycles. The van der Waals surface area contributed by atoms with Crippen molar-refractivity contribution < 1.29 is 0 Å². The number of nitrogens with zero attached hydrogens (tertiary/aromatic N) is 12. The molecule has 0 aliphatic heterocycles. The molecule has 12 aromatic rings. The number of benzene rings is 9. The zero-order valence-corrected chi connectivity index (χ0v) is 41.7. The highest BCUT2D eigenvalue weighted by Crippen LogP contribution is 2.46. The van der Waals surface area contributed by atoms with Crippen molar-refractivity contribution in [1.82, 2.24) is 14.1 Å². The Morgan fingerprint density at radius 2 is 0.738 bits per heavy atom. The average Bonchev–Trinajstić information content (AvgIpc) is 4.25. The average molecular weight is 1020 g/mol. The Bertz CT molecular complexity index is 4880. The summed E-state index contributed by atoms with van der Waals surface area (Å²) in [6, 6.07) is 62.7. The van der Waals surface area contributed by atoms with E-state index in [1.807, 2.05) is 91.0 Å². The third kappa shape index (κ3) is 7.82. The van der Waals surface area contributed by atoms with Gasteiger partial charge in [-0.3, -0.25) is 4.98 Å². The van der Waals surface area contributed by atoms with Crippen molar-refractivity contribution in [2.24, 2.45) is 0 Å². The molecule has 0 fully saturated rings. The third-order valence-corrected chi connectivity index (χ3v) is 14.5. The quantitative estimate of drug-likeness (QED) is 0.145. The summed E-state index contributed by atoms with van der Waals surface area (Å²) in [6.07, 6.45) is 3.52. The van der Waals surface area contributed by atoms with Gasteiger partial charge in [0.15, 0.2) is 22.7 Å². The van der Waals surface area contributed by atoms with E-state index in [1.165, 1.54) is 0 Å². The Morgan fingerprint density at radius 3 is 1.24 bits per heavy atom. The number of fused-ring (bicyclic) bond motifs is 6. The monoisotopic (exact) mass is 1010 g/mol. The van der Waals surface area contributed by atoms with Crippen molar-refractivity contribution >= 4 is 66.4 Å². The van der Waals surface area contributed by atoms with E-state index in [1.54, 1.807) is 91.3 Å².